The van der Waals surface area contributed by atoms with E-state index in [1.54, 1.807) is 0 Å². The first-order valence-corrected chi connectivity index (χ1v) is 6.91. The minimum atomic E-state index is 0.177. The Balaban J connectivity index is 2.04. The molecule has 1 aromatic heterocycles. The maximum atomic E-state index is 5.78. The zero-order valence-corrected chi connectivity index (χ0v) is 11.5. The molecule has 0 radical (unpaired) electrons. The van der Waals surface area contributed by atoms with Crippen molar-refractivity contribution in [1.82, 2.24) is 9.36 Å². The van der Waals surface area contributed by atoms with Crippen molar-refractivity contribution >= 4 is 22.4 Å². The Labute approximate surface area is 111 Å². The first-order valence-electron chi connectivity index (χ1n) is 6.13. The van der Waals surface area contributed by atoms with Crippen molar-refractivity contribution in [2.24, 2.45) is 0 Å². The van der Waals surface area contributed by atoms with Crippen LogP contribution in [0.5, 0.6) is 0 Å². The fraction of sp³-hybridized carbons (Fsp3) is 0.385. The van der Waals surface area contributed by atoms with Crippen molar-refractivity contribution in [3.8, 4) is 0 Å². The molecular formula is C13H18N4S. The van der Waals surface area contributed by atoms with Crippen molar-refractivity contribution in [2.45, 2.75) is 32.7 Å². The third kappa shape index (κ3) is 3.20. The van der Waals surface area contributed by atoms with E-state index in [9.17, 15) is 0 Å². The van der Waals surface area contributed by atoms with Gasteiger partial charge in [0.05, 0.1) is 6.04 Å². The Morgan fingerprint density at radius 3 is 3.00 bits per heavy atom. The van der Waals surface area contributed by atoms with Crippen LogP contribution < -0.4 is 11.1 Å². The standard InChI is InChI=1S/C13H18N4S/c1-3-5-12-16-13(18-17-12)15-9(2)10-6-4-7-11(14)8-10/h4,6-9H,3,5,14H2,1-2H3,(H,15,16,17). The molecule has 0 aliphatic rings. The SMILES string of the molecule is CCCc1nsc(NC(C)c2cccc(N)c2)n1. The minimum absolute atomic E-state index is 0.177. The number of benzene rings is 1. The summed E-state index contributed by atoms with van der Waals surface area (Å²) < 4.78 is 4.31. The predicted molar refractivity (Wildman–Crippen MR) is 76.8 cm³/mol. The highest BCUT2D eigenvalue weighted by molar-refractivity contribution is 7.09. The number of nitrogens with two attached hydrogens (primary N) is 1. The van der Waals surface area contributed by atoms with Crippen LogP contribution in [0.25, 0.3) is 0 Å². The van der Waals surface area contributed by atoms with Crippen LogP contribution in [0.4, 0.5) is 10.8 Å². The van der Waals surface area contributed by atoms with Crippen LogP contribution >= 0.6 is 11.5 Å². The van der Waals surface area contributed by atoms with Crippen molar-refractivity contribution in [2.75, 3.05) is 11.1 Å². The summed E-state index contributed by atoms with van der Waals surface area (Å²) in [5, 5.41) is 4.22. The van der Waals surface area contributed by atoms with E-state index in [4.69, 9.17) is 5.73 Å². The van der Waals surface area contributed by atoms with Crippen LogP contribution in [-0.2, 0) is 6.42 Å². The van der Waals surface area contributed by atoms with Gasteiger partial charge < -0.3 is 11.1 Å². The van der Waals surface area contributed by atoms with Gasteiger partial charge in [0.1, 0.15) is 5.82 Å². The van der Waals surface area contributed by atoms with E-state index in [1.165, 1.54) is 11.5 Å². The lowest BCUT2D eigenvalue weighted by molar-refractivity contribution is 0.848. The van der Waals surface area contributed by atoms with Crippen LogP contribution in [0.1, 0.15) is 37.7 Å². The number of rotatable bonds is 5. The van der Waals surface area contributed by atoms with Gasteiger partial charge in [0.15, 0.2) is 0 Å². The Morgan fingerprint density at radius 2 is 2.28 bits per heavy atom. The third-order valence-electron chi connectivity index (χ3n) is 2.69. The lowest BCUT2D eigenvalue weighted by atomic mass is 10.1. The summed E-state index contributed by atoms with van der Waals surface area (Å²) in [6, 6.07) is 8.07. The van der Waals surface area contributed by atoms with Gasteiger partial charge in [0.2, 0.25) is 5.13 Å². The van der Waals surface area contributed by atoms with Crippen LogP contribution in [-0.4, -0.2) is 9.36 Å². The molecule has 2 rings (SSSR count). The van der Waals surface area contributed by atoms with Crippen molar-refractivity contribution in [3.05, 3.63) is 35.7 Å². The van der Waals surface area contributed by atoms with E-state index in [2.05, 4.69) is 34.6 Å². The number of hydrogen-bond donors (Lipinski definition) is 2. The smallest absolute Gasteiger partial charge is 0.203 e. The van der Waals surface area contributed by atoms with Crippen LogP contribution in [0.3, 0.4) is 0 Å². The van der Waals surface area contributed by atoms with E-state index < -0.39 is 0 Å². The second kappa shape index (κ2) is 5.82. The zero-order chi connectivity index (χ0) is 13.0. The largest absolute Gasteiger partial charge is 0.399 e. The number of nitrogens with one attached hydrogen (secondary N) is 1. The van der Waals surface area contributed by atoms with Gasteiger partial charge in [0.25, 0.3) is 0 Å². The van der Waals surface area contributed by atoms with Gasteiger partial charge in [-0.25, -0.2) is 4.98 Å². The fourth-order valence-electron chi connectivity index (χ4n) is 1.73. The number of nitrogens with zero attached hydrogens (tertiary/aromatic N) is 2. The van der Waals surface area contributed by atoms with E-state index >= 15 is 0 Å². The lowest BCUT2D eigenvalue weighted by Crippen LogP contribution is -2.06. The molecule has 4 nitrogen and oxygen atoms in total. The van der Waals surface area contributed by atoms with E-state index in [-0.39, 0.29) is 6.04 Å². The second-order valence-corrected chi connectivity index (χ2v) is 5.05. The third-order valence-corrected chi connectivity index (χ3v) is 3.38. The van der Waals surface area contributed by atoms with Crippen LogP contribution in [0.15, 0.2) is 24.3 Å². The van der Waals surface area contributed by atoms with Gasteiger partial charge in [-0.05, 0) is 31.0 Å². The first-order chi connectivity index (χ1) is 8.69. The summed E-state index contributed by atoms with van der Waals surface area (Å²) >= 11 is 1.41. The van der Waals surface area contributed by atoms with E-state index in [0.717, 1.165) is 35.0 Å². The normalized spacial score (nSPS) is 12.3. The van der Waals surface area contributed by atoms with E-state index in [1.807, 2.05) is 18.2 Å². The van der Waals surface area contributed by atoms with Gasteiger partial charge in [-0.1, -0.05) is 19.1 Å². The number of aryl methyl sites for hydroxylation is 1. The number of anilines is 2. The molecule has 0 saturated heterocycles. The molecule has 96 valence electrons. The molecule has 2 aromatic rings. The monoisotopic (exact) mass is 262 g/mol. The lowest BCUT2D eigenvalue weighted by Gasteiger charge is -2.13. The number of nitrogen functional groups attached to an aromatic ring is 1. The Kier molecular flexibility index (Phi) is 4.15. The van der Waals surface area contributed by atoms with Crippen molar-refractivity contribution < 1.29 is 0 Å². The molecule has 1 unspecified atom stereocenters. The predicted octanol–water partition coefficient (Wildman–Crippen LogP) is 3.25. The summed E-state index contributed by atoms with van der Waals surface area (Å²) in [6.07, 6.45) is 2.01. The Hall–Kier alpha value is -1.62. The molecule has 3 N–H and O–H groups in total. The summed E-state index contributed by atoms with van der Waals surface area (Å²) in [7, 11) is 0. The first kappa shape index (κ1) is 12.8. The maximum absolute atomic E-state index is 5.78. The zero-order valence-electron chi connectivity index (χ0n) is 10.7. The molecule has 1 atom stereocenters. The molecule has 0 bridgehead atoms. The van der Waals surface area contributed by atoms with Gasteiger partial charge in [-0.15, -0.1) is 0 Å². The summed E-state index contributed by atoms with van der Waals surface area (Å²) in [5.74, 6) is 0.921. The molecular weight excluding hydrogens is 244 g/mol. The average Bonchev–Trinajstić information content (AvgIpc) is 2.77. The average molecular weight is 262 g/mol. The Morgan fingerprint density at radius 1 is 1.44 bits per heavy atom. The quantitative estimate of drug-likeness (QED) is 0.812. The Bertz CT molecular complexity index is 509. The number of hydrogen-bond acceptors (Lipinski definition) is 5. The molecule has 0 amide bonds. The second-order valence-electron chi connectivity index (χ2n) is 4.30. The molecule has 0 saturated carbocycles. The van der Waals surface area contributed by atoms with Crippen LogP contribution in [0.2, 0.25) is 0 Å². The van der Waals surface area contributed by atoms with Gasteiger partial charge in [-0.3, -0.25) is 0 Å². The highest BCUT2D eigenvalue weighted by atomic mass is 32.1. The fourth-order valence-corrected chi connectivity index (χ4v) is 2.43. The highest BCUT2D eigenvalue weighted by Crippen LogP contribution is 2.22. The molecule has 0 aliphatic heterocycles. The summed E-state index contributed by atoms with van der Waals surface area (Å²) in [4.78, 5) is 4.45. The van der Waals surface area contributed by atoms with Crippen LogP contribution in [0, 0.1) is 0 Å². The van der Waals surface area contributed by atoms with Gasteiger partial charge >= 0.3 is 0 Å². The van der Waals surface area contributed by atoms with Crippen molar-refractivity contribution in [3.63, 3.8) is 0 Å². The van der Waals surface area contributed by atoms with Gasteiger partial charge in [0, 0.05) is 23.6 Å². The topological polar surface area (TPSA) is 63.8 Å². The van der Waals surface area contributed by atoms with Gasteiger partial charge in [-0.2, -0.15) is 4.37 Å². The van der Waals surface area contributed by atoms with Crippen molar-refractivity contribution in [1.29, 1.82) is 0 Å². The molecule has 0 fully saturated rings. The molecule has 0 aliphatic carbocycles. The molecule has 5 heteroatoms. The summed E-state index contributed by atoms with van der Waals surface area (Å²) in [6.45, 7) is 4.22. The summed E-state index contributed by atoms with van der Waals surface area (Å²) in [5.41, 5.74) is 7.72. The van der Waals surface area contributed by atoms with E-state index in [0.29, 0.717) is 0 Å². The molecule has 1 aromatic carbocycles. The highest BCUT2D eigenvalue weighted by Gasteiger charge is 2.09. The minimum Gasteiger partial charge on any atom is -0.399 e. The maximum Gasteiger partial charge on any atom is 0.203 e. The molecule has 18 heavy (non-hydrogen) atoms. The molecule has 1 heterocycles. The molecule has 0 spiro atoms. The number of aromatic nitrogens is 2.